The van der Waals surface area contributed by atoms with Crippen molar-refractivity contribution in [3.05, 3.63) is 35.4 Å². The summed E-state index contributed by atoms with van der Waals surface area (Å²) in [5.74, 6) is 0.597. The predicted octanol–water partition coefficient (Wildman–Crippen LogP) is 2.59. The summed E-state index contributed by atoms with van der Waals surface area (Å²) in [6.07, 6.45) is 3.31. The predicted molar refractivity (Wildman–Crippen MR) is 71.0 cm³/mol. The zero-order valence-corrected chi connectivity index (χ0v) is 10.9. The van der Waals surface area contributed by atoms with Gasteiger partial charge in [-0.25, -0.2) is 0 Å². The fourth-order valence-electron chi connectivity index (χ4n) is 2.69. The van der Waals surface area contributed by atoms with E-state index in [1.807, 2.05) is 19.1 Å². The van der Waals surface area contributed by atoms with E-state index in [4.69, 9.17) is 0 Å². The van der Waals surface area contributed by atoms with Crippen LogP contribution in [0.5, 0.6) is 0 Å². The van der Waals surface area contributed by atoms with E-state index in [1.165, 1.54) is 18.4 Å². The third-order valence-electron chi connectivity index (χ3n) is 3.76. The van der Waals surface area contributed by atoms with Crippen LogP contribution in [0.25, 0.3) is 0 Å². The lowest BCUT2D eigenvalue weighted by Gasteiger charge is -2.31. The van der Waals surface area contributed by atoms with E-state index >= 15 is 0 Å². The molecule has 94 valence electrons. The number of benzene rings is 1. The van der Waals surface area contributed by atoms with Gasteiger partial charge in [-0.2, -0.15) is 0 Å². The van der Waals surface area contributed by atoms with E-state index in [0.717, 1.165) is 25.1 Å². The first-order valence-corrected chi connectivity index (χ1v) is 6.58. The number of rotatable bonds is 3. The lowest BCUT2D eigenvalue weighted by molar-refractivity contribution is 0.0260. The third-order valence-corrected chi connectivity index (χ3v) is 3.76. The molecule has 0 aliphatic carbocycles. The molecule has 2 N–H and O–H groups in total. The molecule has 2 unspecified atom stereocenters. The van der Waals surface area contributed by atoms with Crippen LogP contribution in [0.4, 0.5) is 0 Å². The summed E-state index contributed by atoms with van der Waals surface area (Å²) in [5, 5.41) is 14.0. The second-order valence-corrected chi connectivity index (χ2v) is 5.56. The maximum absolute atomic E-state index is 10.6. The Morgan fingerprint density at radius 3 is 2.65 bits per heavy atom. The molecule has 2 heteroatoms. The molecule has 0 amide bonds. The second-order valence-electron chi connectivity index (χ2n) is 5.56. The fraction of sp³-hybridized carbons (Fsp3) is 0.600. The summed E-state index contributed by atoms with van der Waals surface area (Å²) in [6, 6.07) is 8.24. The van der Waals surface area contributed by atoms with Gasteiger partial charge in [-0.1, -0.05) is 29.8 Å². The quantitative estimate of drug-likeness (QED) is 0.841. The summed E-state index contributed by atoms with van der Waals surface area (Å²) in [7, 11) is 0. The van der Waals surface area contributed by atoms with Crippen molar-refractivity contribution in [3.8, 4) is 0 Å². The van der Waals surface area contributed by atoms with Gasteiger partial charge >= 0.3 is 0 Å². The number of piperidine rings is 1. The van der Waals surface area contributed by atoms with Crippen molar-refractivity contribution in [1.82, 2.24) is 5.32 Å². The zero-order valence-electron chi connectivity index (χ0n) is 10.9. The number of hydrogen-bond acceptors (Lipinski definition) is 2. The molecule has 1 heterocycles. The van der Waals surface area contributed by atoms with E-state index < -0.39 is 5.60 Å². The van der Waals surface area contributed by atoms with Crippen molar-refractivity contribution in [2.45, 2.75) is 38.7 Å². The lowest BCUT2D eigenvalue weighted by atomic mass is 9.83. The molecular weight excluding hydrogens is 210 g/mol. The molecule has 1 saturated heterocycles. The van der Waals surface area contributed by atoms with Gasteiger partial charge in [-0.3, -0.25) is 0 Å². The topological polar surface area (TPSA) is 32.3 Å². The molecule has 0 saturated carbocycles. The first-order chi connectivity index (χ1) is 8.08. The maximum atomic E-state index is 10.6. The maximum Gasteiger partial charge on any atom is 0.0871 e. The molecule has 1 aliphatic rings. The van der Waals surface area contributed by atoms with Crippen molar-refractivity contribution in [2.75, 3.05) is 13.1 Å². The molecule has 17 heavy (non-hydrogen) atoms. The van der Waals surface area contributed by atoms with E-state index in [9.17, 15) is 5.11 Å². The van der Waals surface area contributed by atoms with Gasteiger partial charge in [0.15, 0.2) is 0 Å². The first kappa shape index (κ1) is 12.6. The van der Waals surface area contributed by atoms with Crippen molar-refractivity contribution in [3.63, 3.8) is 0 Å². The Balaban J connectivity index is 2.04. The van der Waals surface area contributed by atoms with Crippen molar-refractivity contribution < 1.29 is 5.11 Å². The summed E-state index contributed by atoms with van der Waals surface area (Å²) in [6.45, 7) is 6.18. The van der Waals surface area contributed by atoms with Gasteiger partial charge in [-0.15, -0.1) is 0 Å². The van der Waals surface area contributed by atoms with E-state index in [1.54, 1.807) is 0 Å². The van der Waals surface area contributed by atoms with Crippen LogP contribution in [0.3, 0.4) is 0 Å². The molecule has 0 spiro atoms. The highest BCUT2D eigenvalue weighted by atomic mass is 16.3. The van der Waals surface area contributed by atoms with Crippen LogP contribution in [-0.4, -0.2) is 18.2 Å². The molecule has 2 atom stereocenters. The number of aliphatic hydroxyl groups is 1. The average Bonchev–Trinajstić information content (AvgIpc) is 2.30. The molecule has 0 bridgehead atoms. The molecule has 1 aromatic carbocycles. The smallest absolute Gasteiger partial charge is 0.0871 e. The summed E-state index contributed by atoms with van der Waals surface area (Å²) in [5.41, 5.74) is 1.58. The van der Waals surface area contributed by atoms with Crippen LogP contribution in [0.2, 0.25) is 0 Å². The monoisotopic (exact) mass is 233 g/mol. The van der Waals surface area contributed by atoms with Crippen LogP contribution >= 0.6 is 0 Å². The third kappa shape index (κ3) is 3.30. The lowest BCUT2D eigenvalue weighted by Crippen LogP contribution is -2.34. The Labute approximate surface area is 104 Å². The average molecular weight is 233 g/mol. The molecular formula is C15H23NO. The molecule has 1 fully saturated rings. The standard InChI is InChI=1S/C15H23NO/c1-12-5-7-14(8-6-12)15(2,17)10-13-4-3-9-16-11-13/h5-8,13,16-17H,3-4,9-11H2,1-2H3. The molecule has 0 aromatic heterocycles. The number of aryl methyl sites for hydroxylation is 1. The Morgan fingerprint density at radius 1 is 1.35 bits per heavy atom. The van der Waals surface area contributed by atoms with Crippen LogP contribution < -0.4 is 5.32 Å². The van der Waals surface area contributed by atoms with Gasteiger partial charge in [0.25, 0.3) is 0 Å². The van der Waals surface area contributed by atoms with Crippen molar-refractivity contribution in [2.24, 2.45) is 5.92 Å². The number of nitrogens with one attached hydrogen (secondary N) is 1. The van der Waals surface area contributed by atoms with Gasteiger partial charge in [0, 0.05) is 0 Å². The van der Waals surface area contributed by atoms with E-state index in [2.05, 4.69) is 24.4 Å². The number of hydrogen-bond donors (Lipinski definition) is 2. The van der Waals surface area contributed by atoms with Gasteiger partial charge < -0.3 is 10.4 Å². The Morgan fingerprint density at radius 2 is 2.06 bits per heavy atom. The minimum atomic E-state index is -0.697. The highest BCUT2D eigenvalue weighted by molar-refractivity contribution is 5.26. The largest absolute Gasteiger partial charge is 0.385 e. The highest BCUT2D eigenvalue weighted by Gasteiger charge is 2.28. The fourth-order valence-corrected chi connectivity index (χ4v) is 2.69. The minimum absolute atomic E-state index is 0.597. The Kier molecular flexibility index (Phi) is 3.85. The zero-order chi connectivity index (χ0) is 12.3. The Bertz CT molecular complexity index is 350. The summed E-state index contributed by atoms with van der Waals surface area (Å²) in [4.78, 5) is 0. The van der Waals surface area contributed by atoms with E-state index in [0.29, 0.717) is 5.92 Å². The highest BCUT2D eigenvalue weighted by Crippen LogP contribution is 2.30. The molecule has 0 radical (unpaired) electrons. The van der Waals surface area contributed by atoms with Gasteiger partial charge in [0.05, 0.1) is 5.60 Å². The molecule has 1 aliphatic heterocycles. The van der Waals surface area contributed by atoms with Gasteiger partial charge in [-0.05, 0) is 57.7 Å². The van der Waals surface area contributed by atoms with E-state index in [-0.39, 0.29) is 0 Å². The molecule has 2 rings (SSSR count). The normalized spacial score (nSPS) is 24.3. The van der Waals surface area contributed by atoms with Crippen LogP contribution in [-0.2, 0) is 5.60 Å². The SMILES string of the molecule is Cc1ccc(C(C)(O)CC2CCCNC2)cc1. The van der Waals surface area contributed by atoms with Crippen molar-refractivity contribution >= 4 is 0 Å². The minimum Gasteiger partial charge on any atom is -0.385 e. The van der Waals surface area contributed by atoms with Crippen LogP contribution in [0.15, 0.2) is 24.3 Å². The molecule has 1 aromatic rings. The van der Waals surface area contributed by atoms with Gasteiger partial charge in [0.2, 0.25) is 0 Å². The Hall–Kier alpha value is -0.860. The summed E-state index contributed by atoms with van der Waals surface area (Å²) < 4.78 is 0. The summed E-state index contributed by atoms with van der Waals surface area (Å²) >= 11 is 0. The van der Waals surface area contributed by atoms with Crippen LogP contribution in [0.1, 0.15) is 37.3 Å². The second kappa shape index (κ2) is 5.19. The van der Waals surface area contributed by atoms with Crippen molar-refractivity contribution in [1.29, 1.82) is 0 Å². The molecule has 2 nitrogen and oxygen atoms in total. The van der Waals surface area contributed by atoms with Gasteiger partial charge in [0.1, 0.15) is 0 Å². The first-order valence-electron chi connectivity index (χ1n) is 6.58. The van der Waals surface area contributed by atoms with Crippen LogP contribution in [0, 0.1) is 12.8 Å².